The van der Waals surface area contributed by atoms with E-state index in [0.717, 1.165) is 25.7 Å². The lowest BCUT2D eigenvalue weighted by atomic mass is 9.95. The van der Waals surface area contributed by atoms with Crippen LogP contribution >= 0.6 is 0 Å². The first-order valence-corrected chi connectivity index (χ1v) is 6.81. The monoisotopic (exact) mass is 259 g/mol. The quantitative estimate of drug-likeness (QED) is 0.831. The van der Waals surface area contributed by atoms with Gasteiger partial charge in [0.25, 0.3) is 5.91 Å². The molecule has 2 aliphatic rings. The number of anilines is 1. The Morgan fingerprint density at radius 1 is 1.32 bits per heavy atom. The predicted octanol–water partition coefficient (Wildman–Crippen LogP) is 2.78. The average molecular weight is 259 g/mol. The highest BCUT2D eigenvalue weighted by Crippen LogP contribution is 2.33. The zero-order valence-corrected chi connectivity index (χ0v) is 10.9. The molecule has 0 aromatic heterocycles. The zero-order valence-electron chi connectivity index (χ0n) is 10.9. The molecule has 4 nitrogen and oxygen atoms in total. The Balaban J connectivity index is 1.87. The summed E-state index contributed by atoms with van der Waals surface area (Å²) in [7, 11) is 0. The van der Waals surface area contributed by atoms with Gasteiger partial charge in [0.05, 0.1) is 5.69 Å². The number of amides is 1. The summed E-state index contributed by atoms with van der Waals surface area (Å²) in [6, 6.07) is 5.30. The van der Waals surface area contributed by atoms with Crippen LogP contribution in [0.2, 0.25) is 0 Å². The fourth-order valence-corrected chi connectivity index (χ4v) is 2.79. The van der Waals surface area contributed by atoms with Crippen molar-refractivity contribution < 1.29 is 14.3 Å². The van der Waals surface area contributed by atoms with Crippen LogP contribution in [0.5, 0.6) is 5.75 Å². The van der Waals surface area contributed by atoms with Crippen molar-refractivity contribution in [2.24, 2.45) is 5.92 Å². The summed E-state index contributed by atoms with van der Waals surface area (Å²) in [5, 5.41) is 2.78. The third-order valence-electron chi connectivity index (χ3n) is 3.92. The van der Waals surface area contributed by atoms with Gasteiger partial charge in [-0.1, -0.05) is 12.8 Å². The van der Waals surface area contributed by atoms with Crippen molar-refractivity contribution in [1.82, 2.24) is 0 Å². The topological polar surface area (TPSA) is 55.4 Å². The highest BCUT2D eigenvalue weighted by molar-refractivity contribution is 6.02. The minimum Gasteiger partial charge on any atom is -0.479 e. The first-order chi connectivity index (χ1) is 9.15. The molecule has 1 fully saturated rings. The summed E-state index contributed by atoms with van der Waals surface area (Å²) in [4.78, 5) is 23.9. The summed E-state index contributed by atoms with van der Waals surface area (Å²) >= 11 is 0. The Morgan fingerprint density at radius 3 is 2.79 bits per heavy atom. The van der Waals surface area contributed by atoms with E-state index in [1.54, 1.807) is 25.1 Å². The van der Waals surface area contributed by atoms with Gasteiger partial charge in [-0.2, -0.15) is 0 Å². The maximum Gasteiger partial charge on any atom is 0.265 e. The number of ketones is 1. The Hall–Kier alpha value is -1.84. The van der Waals surface area contributed by atoms with Crippen LogP contribution in [0.4, 0.5) is 5.69 Å². The van der Waals surface area contributed by atoms with Crippen LogP contribution in [-0.4, -0.2) is 17.8 Å². The van der Waals surface area contributed by atoms with E-state index >= 15 is 0 Å². The van der Waals surface area contributed by atoms with E-state index in [9.17, 15) is 9.59 Å². The number of hydrogen-bond acceptors (Lipinski definition) is 3. The van der Waals surface area contributed by atoms with Crippen LogP contribution in [0.15, 0.2) is 18.2 Å². The summed E-state index contributed by atoms with van der Waals surface area (Å²) in [5.41, 5.74) is 1.27. The Labute approximate surface area is 112 Å². The van der Waals surface area contributed by atoms with Gasteiger partial charge in [-0.25, -0.2) is 0 Å². The minimum atomic E-state index is -0.483. The van der Waals surface area contributed by atoms with Gasteiger partial charge in [0.2, 0.25) is 0 Å². The number of rotatable bonds is 2. The normalized spacial score (nSPS) is 22.6. The summed E-state index contributed by atoms with van der Waals surface area (Å²) < 4.78 is 5.48. The number of carbonyl (C=O) groups excluding carboxylic acids is 2. The molecule has 0 saturated heterocycles. The highest BCUT2D eigenvalue weighted by atomic mass is 16.5. The van der Waals surface area contributed by atoms with Gasteiger partial charge in [-0.3, -0.25) is 9.59 Å². The number of ether oxygens (including phenoxy) is 1. The van der Waals surface area contributed by atoms with E-state index in [1.807, 2.05) is 0 Å². The first-order valence-electron chi connectivity index (χ1n) is 6.81. The fraction of sp³-hybridized carbons (Fsp3) is 0.467. The van der Waals surface area contributed by atoms with E-state index in [2.05, 4.69) is 5.32 Å². The number of hydrogen-bond donors (Lipinski definition) is 1. The standard InChI is InChI=1S/C15H17NO3/c1-9-15(18)16-12-8-11(6-7-13(12)19-9)14(17)10-4-2-3-5-10/h6-10H,2-5H2,1H3,(H,16,18). The molecule has 0 bridgehead atoms. The van der Waals surface area contributed by atoms with Gasteiger partial charge in [-0.05, 0) is 38.0 Å². The molecule has 1 N–H and O–H groups in total. The number of benzene rings is 1. The third kappa shape index (κ3) is 2.23. The van der Waals surface area contributed by atoms with Crippen molar-refractivity contribution in [1.29, 1.82) is 0 Å². The molecular formula is C15H17NO3. The maximum atomic E-state index is 12.3. The molecule has 1 aliphatic carbocycles. The Kier molecular flexibility index (Phi) is 3.01. The predicted molar refractivity (Wildman–Crippen MR) is 71.5 cm³/mol. The molecule has 0 radical (unpaired) electrons. The van der Waals surface area contributed by atoms with Gasteiger partial charge in [0, 0.05) is 11.5 Å². The number of Topliss-reactive ketones (excluding diaryl/α,β-unsaturated/α-hetero) is 1. The van der Waals surface area contributed by atoms with Gasteiger partial charge < -0.3 is 10.1 Å². The molecule has 1 unspecified atom stereocenters. The minimum absolute atomic E-state index is 0.150. The smallest absolute Gasteiger partial charge is 0.265 e. The molecule has 100 valence electrons. The fourth-order valence-electron chi connectivity index (χ4n) is 2.79. The third-order valence-corrected chi connectivity index (χ3v) is 3.92. The molecule has 1 aromatic carbocycles. The van der Waals surface area contributed by atoms with Crippen molar-refractivity contribution in [3.63, 3.8) is 0 Å². The second kappa shape index (κ2) is 4.68. The van der Waals surface area contributed by atoms with Crippen molar-refractivity contribution in [2.75, 3.05) is 5.32 Å². The van der Waals surface area contributed by atoms with Gasteiger partial charge in [0.1, 0.15) is 5.75 Å². The Bertz CT molecular complexity index is 532. The number of nitrogens with one attached hydrogen (secondary N) is 1. The van der Waals surface area contributed by atoms with E-state index in [-0.39, 0.29) is 17.6 Å². The Morgan fingerprint density at radius 2 is 2.05 bits per heavy atom. The molecule has 3 rings (SSSR count). The van der Waals surface area contributed by atoms with Crippen molar-refractivity contribution in [3.05, 3.63) is 23.8 Å². The highest BCUT2D eigenvalue weighted by Gasteiger charge is 2.27. The second-order valence-corrected chi connectivity index (χ2v) is 5.31. The number of fused-ring (bicyclic) bond motifs is 1. The van der Waals surface area contributed by atoms with E-state index in [1.165, 1.54) is 0 Å². The van der Waals surface area contributed by atoms with Gasteiger partial charge in [-0.15, -0.1) is 0 Å². The molecule has 19 heavy (non-hydrogen) atoms. The van der Waals surface area contributed by atoms with E-state index in [4.69, 9.17) is 4.74 Å². The maximum absolute atomic E-state index is 12.3. The SMILES string of the molecule is CC1Oc2ccc(C(=O)C3CCCC3)cc2NC1=O. The van der Waals surface area contributed by atoms with E-state index < -0.39 is 6.10 Å². The molecule has 1 aromatic rings. The molecule has 0 spiro atoms. The summed E-state index contributed by atoms with van der Waals surface area (Å²) in [5.74, 6) is 0.804. The summed E-state index contributed by atoms with van der Waals surface area (Å²) in [6.45, 7) is 1.70. The van der Waals surface area contributed by atoms with Crippen molar-refractivity contribution >= 4 is 17.4 Å². The molecule has 1 heterocycles. The van der Waals surface area contributed by atoms with Gasteiger partial charge >= 0.3 is 0 Å². The second-order valence-electron chi connectivity index (χ2n) is 5.31. The molecule has 1 atom stereocenters. The molecule has 1 saturated carbocycles. The lowest BCUT2D eigenvalue weighted by Gasteiger charge is -2.23. The van der Waals surface area contributed by atoms with Crippen LogP contribution in [0.1, 0.15) is 43.0 Å². The number of carbonyl (C=O) groups is 2. The van der Waals surface area contributed by atoms with Crippen LogP contribution in [0, 0.1) is 5.92 Å². The van der Waals surface area contributed by atoms with Gasteiger partial charge in [0.15, 0.2) is 11.9 Å². The van der Waals surface area contributed by atoms with Crippen LogP contribution in [0.3, 0.4) is 0 Å². The lowest BCUT2D eigenvalue weighted by molar-refractivity contribution is -0.122. The molecule has 1 amide bonds. The molecule has 4 heteroatoms. The largest absolute Gasteiger partial charge is 0.479 e. The average Bonchev–Trinajstić information content (AvgIpc) is 2.93. The zero-order chi connectivity index (χ0) is 13.4. The van der Waals surface area contributed by atoms with Crippen LogP contribution in [-0.2, 0) is 4.79 Å². The van der Waals surface area contributed by atoms with Crippen LogP contribution < -0.4 is 10.1 Å². The van der Waals surface area contributed by atoms with Crippen LogP contribution in [0.25, 0.3) is 0 Å². The van der Waals surface area contributed by atoms with Crippen molar-refractivity contribution in [2.45, 2.75) is 38.7 Å². The lowest BCUT2D eigenvalue weighted by Crippen LogP contribution is -2.34. The first kappa shape index (κ1) is 12.2. The molecular weight excluding hydrogens is 242 g/mol. The summed E-state index contributed by atoms with van der Waals surface area (Å²) in [6.07, 6.45) is 3.76. The molecule has 1 aliphatic heterocycles. The van der Waals surface area contributed by atoms with E-state index in [0.29, 0.717) is 17.0 Å². The van der Waals surface area contributed by atoms with Crippen molar-refractivity contribution in [3.8, 4) is 5.75 Å².